The lowest BCUT2D eigenvalue weighted by atomic mass is 10.0. The van der Waals surface area contributed by atoms with E-state index < -0.39 is 40.7 Å². The van der Waals surface area contributed by atoms with Gasteiger partial charge in [0.1, 0.15) is 23.6 Å². The van der Waals surface area contributed by atoms with E-state index in [1.54, 1.807) is 66.1 Å². The average molecular weight is 527 g/mol. The minimum atomic E-state index is -5.64. The Morgan fingerprint density at radius 3 is 2.14 bits per heavy atom. The molecule has 1 N–H and O–H groups in total. The number of nitrogens with zero attached hydrogens (tertiary/aromatic N) is 1. The average Bonchev–Trinajstić information content (AvgIpc) is 2.84. The van der Waals surface area contributed by atoms with Crippen molar-refractivity contribution in [2.75, 3.05) is 5.43 Å². The molecule has 0 atom stereocenters. The van der Waals surface area contributed by atoms with Crippen LogP contribution in [0.5, 0.6) is 5.75 Å². The van der Waals surface area contributed by atoms with Crippen LogP contribution in [-0.2, 0) is 12.8 Å². The third-order valence-electron chi connectivity index (χ3n) is 5.19. The van der Waals surface area contributed by atoms with E-state index in [2.05, 4.69) is 5.10 Å². The summed E-state index contributed by atoms with van der Waals surface area (Å²) in [5.41, 5.74) is -1.44. The van der Waals surface area contributed by atoms with Crippen molar-refractivity contribution < 1.29 is 35.5 Å². The van der Waals surface area contributed by atoms with Gasteiger partial charge in [-0.3, -0.25) is 5.43 Å². The second-order valence-corrected chi connectivity index (χ2v) is 7.86. The van der Waals surface area contributed by atoms with E-state index in [4.69, 9.17) is 16.3 Å². The Bertz CT molecular complexity index is 1440. The van der Waals surface area contributed by atoms with Crippen LogP contribution in [0.3, 0.4) is 0 Å². The number of anilines is 1. The number of benzene rings is 4. The van der Waals surface area contributed by atoms with Gasteiger partial charge in [-0.1, -0.05) is 60.1 Å². The van der Waals surface area contributed by atoms with E-state index in [1.807, 2.05) is 0 Å². The fraction of sp³-hybridized carbons (Fsp3) is 0.0800. The first-order valence-electron chi connectivity index (χ1n) is 10.2. The molecule has 4 rings (SSSR count). The van der Waals surface area contributed by atoms with Gasteiger partial charge in [-0.25, -0.2) is 17.6 Å². The highest BCUT2D eigenvalue weighted by Gasteiger charge is 2.42. The van der Waals surface area contributed by atoms with Crippen molar-refractivity contribution >= 4 is 34.3 Å². The van der Waals surface area contributed by atoms with Crippen LogP contribution in [0, 0.1) is 23.3 Å². The second-order valence-electron chi connectivity index (χ2n) is 7.45. The fourth-order valence-corrected chi connectivity index (χ4v) is 3.64. The van der Waals surface area contributed by atoms with Gasteiger partial charge in [-0.15, -0.1) is 0 Å². The first kappa shape index (κ1) is 25.3. The number of alkyl halides is 3. The largest absolute Gasteiger partial charge is 0.488 e. The molecule has 3 nitrogen and oxygen atoms in total. The molecule has 11 heteroatoms. The number of ether oxygens (including phenoxy) is 1. The maximum absolute atomic E-state index is 14.2. The van der Waals surface area contributed by atoms with Gasteiger partial charge in [0.25, 0.3) is 0 Å². The molecule has 0 radical (unpaired) electrons. The zero-order chi connectivity index (χ0) is 26.0. The number of nitrogens with one attached hydrogen (secondary N) is 1. The van der Waals surface area contributed by atoms with Crippen LogP contribution >= 0.6 is 11.6 Å². The molecule has 0 bridgehead atoms. The summed E-state index contributed by atoms with van der Waals surface area (Å²) in [4.78, 5) is 0. The number of hydrogen-bond acceptors (Lipinski definition) is 3. The van der Waals surface area contributed by atoms with Gasteiger partial charge >= 0.3 is 6.18 Å². The molecule has 0 saturated heterocycles. The SMILES string of the molecule is Fc1c(F)c(C(F)(F)F)c(F)c(F)c1N/N=C\c1c(OCc2ccccc2Cl)ccc2ccccc12. The van der Waals surface area contributed by atoms with Gasteiger partial charge in [0, 0.05) is 16.1 Å². The van der Waals surface area contributed by atoms with E-state index in [9.17, 15) is 30.7 Å². The molecule has 0 saturated carbocycles. The Labute approximate surface area is 204 Å². The molecule has 0 unspecified atom stereocenters. The summed E-state index contributed by atoms with van der Waals surface area (Å²) in [5.74, 6) is -9.44. The van der Waals surface area contributed by atoms with Crippen LogP contribution in [-0.4, -0.2) is 6.21 Å². The van der Waals surface area contributed by atoms with Crippen molar-refractivity contribution in [2.45, 2.75) is 12.8 Å². The summed E-state index contributed by atoms with van der Waals surface area (Å²) in [6.07, 6.45) is -4.58. The highest BCUT2D eigenvalue weighted by Crippen LogP contribution is 2.38. The Kier molecular flexibility index (Phi) is 7.07. The number of hydrogen-bond donors (Lipinski definition) is 1. The molecule has 4 aromatic carbocycles. The summed E-state index contributed by atoms with van der Waals surface area (Å²) >= 11 is 6.15. The molecule has 0 fully saturated rings. The molecule has 0 heterocycles. The van der Waals surface area contributed by atoms with Crippen molar-refractivity contribution in [2.24, 2.45) is 5.10 Å². The zero-order valence-electron chi connectivity index (χ0n) is 17.9. The maximum Gasteiger partial charge on any atom is 0.422 e. The minimum absolute atomic E-state index is 0.0604. The lowest BCUT2D eigenvalue weighted by Crippen LogP contribution is -2.16. The highest BCUT2D eigenvalue weighted by molar-refractivity contribution is 6.31. The smallest absolute Gasteiger partial charge is 0.422 e. The van der Waals surface area contributed by atoms with E-state index in [0.717, 1.165) is 11.6 Å². The molecule has 0 aliphatic heterocycles. The van der Waals surface area contributed by atoms with E-state index in [-0.39, 0.29) is 12.4 Å². The molecule has 0 spiro atoms. The number of halogens is 8. The zero-order valence-corrected chi connectivity index (χ0v) is 18.7. The van der Waals surface area contributed by atoms with Gasteiger partial charge in [0.15, 0.2) is 23.3 Å². The third kappa shape index (κ3) is 4.94. The molecule has 0 aliphatic carbocycles. The van der Waals surface area contributed by atoms with Crippen LogP contribution in [0.15, 0.2) is 65.8 Å². The van der Waals surface area contributed by atoms with Crippen LogP contribution in [0.1, 0.15) is 16.7 Å². The molecule has 0 aromatic heterocycles. The summed E-state index contributed by atoms with van der Waals surface area (Å²) in [6.45, 7) is 0.0604. The first-order chi connectivity index (χ1) is 17.1. The predicted molar refractivity (Wildman–Crippen MR) is 122 cm³/mol. The molecule has 36 heavy (non-hydrogen) atoms. The van der Waals surface area contributed by atoms with Crippen molar-refractivity contribution in [3.05, 3.63) is 106 Å². The fourth-order valence-electron chi connectivity index (χ4n) is 3.45. The number of fused-ring (bicyclic) bond motifs is 1. The molecular formula is C25H14ClF7N2O. The van der Waals surface area contributed by atoms with Crippen molar-refractivity contribution in [1.82, 2.24) is 0 Å². The first-order valence-corrected chi connectivity index (χ1v) is 10.6. The van der Waals surface area contributed by atoms with Gasteiger partial charge in [0.05, 0.1) is 6.21 Å². The number of rotatable bonds is 6. The number of hydrazone groups is 1. The van der Waals surface area contributed by atoms with Crippen LogP contribution in [0.4, 0.5) is 36.4 Å². The van der Waals surface area contributed by atoms with Crippen LogP contribution < -0.4 is 10.2 Å². The minimum Gasteiger partial charge on any atom is -0.488 e. The van der Waals surface area contributed by atoms with Crippen molar-refractivity contribution in [1.29, 1.82) is 0 Å². The van der Waals surface area contributed by atoms with Crippen LogP contribution in [0.25, 0.3) is 10.8 Å². The van der Waals surface area contributed by atoms with Gasteiger partial charge in [-0.05, 0) is 22.9 Å². The van der Waals surface area contributed by atoms with Crippen molar-refractivity contribution in [3.8, 4) is 5.75 Å². The van der Waals surface area contributed by atoms with E-state index in [0.29, 0.717) is 21.5 Å². The Hall–Kier alpha value is -3.79. The standard InChI is InChI=1S/C25H14ClF7N2O/c26-17-8-4-2-6-14(17)12-36-18-10-9-13-5-1-3-7-15(13)16(18)11-34-35-24-22(29)20(27)19(25(31,32)33)21(28)23(24)30/h1-11,35H,12H2/b34-11-. The maximum atomic E-state index is 14.2. The van der Waals surface area contributed by atoms with Gasteiger partial charge < -0.3 is 4.74 Å². The van der Waals surface area contributed by atoms with Crippen molar-refractivity contribution in [3.63, 3.8) is 0 Å². The second kappa shape index (κ2) is 10.1. The summed E-state index contributed by atoms with van der Waals surface area (Å²) in [5, 5.41) is 5.43. The van der Waals surface area contributed by atoms with E-state index >= 15 is 0 Å². The lowest BCUT2D eigenvalue weighted by Gasteiger charge is -2.14. The monoisotopic (exact) mass is 526 g/mol. The predicted octanol–water partition coefficient (Wildman–Crippen LogP) is 8.09. The Balaban J connectivity index is 1.70. The molecule has 186 valence electrons. The molecule has 0 amide bonds. The van der Waals surface area contributed by atoms with Gasteiger partial charge in [-0.2, -0.15) is 18.3 Å². The Morgan fingerprint density at radius 1 is 0.833 bits per heavy atom. The molecule has 4 aromatic rings. The summed E-state index contributed by atoms with van der Waals surface area (Å²) in [6, 6.07) is 17.3. The van der Waals surface area contributed by atoms with E-state index in [1.165, 1.54) is 0 Å². The summed E-state index contributed by atoms with van der Waals surface area (Å²) in [7, 11) is 0. The topological polar surface area (TPSA) is 33.6 Å². The normalized spacial score (nSPS) is 11.9. The molecular weight excluding hydrogens is 513 g/mol. The van der Waals surface area contributed by atoms with Gasteiger partial charge in [0.2, 0.25) is 0 Å². The highest BCUT2D eigenvalue weighted by atomic mass is 35.5. The lowest BCUT2D eigenvalue weighted by molar-refractivity contribution is -0.143. The third-order valence-corrected chi connectivity index (χ3v) is 5.56. The molecule has 0 aliphatic rings. The van der Waals surface area contributed by atoms with Crippen LogP contribution in [0.2, 0.25) is 5.02 Å². The quantitative estimate of drug-likeness (QED) is 0.119. The Morgan fingerprint density at radius 2 is 1.47 bits per heavy atom. The summed E-state index contributed by atoms with van der Waals surface area (Å²) < 4.78 is 100.